The first kappa shape index (κ1) is 13.1. The van der Waals surface area contributed by atoms with E-state index in [1.54, 1.807) is 0 Å². The van der Waals surface area contributed by atoms with Crippen molar-refractivity contribution in [3.8, 4) is 11.6 Å². The van der Waals surface area contributed by atoms with Crippen molar-refractivity contribution in [3.63, 3.8) is 0 Å². The third-order valence-electron chi connectivity index (χ3n) is 3.01. The Kier molecular flexibility index (Phi) is 3.68. The molecule has 0 saturated heterocycles. The fraction of sp³-hybridized carbons (Fsp3) is 0.214. The fourth-order valence-electron chi connectivity index (χ4n) is 2.00. The van der Waals surface area contributed by atoms with E-state index < -0.39 is 0 Å². The second-order valence-electron chi connectivity index (χ2n) is 4.30. The summed E-state index contributed by atoms with van der Waals surface area (Å²) in [6.45, 7) is 0.00200. The Balaban J connectivity index is 1.86. The topological polar surface area (TPSA) is 67.0 Å². The van der Waals surface area contributed by atoms with Gasteiger partial charge in [0.1, 0.15) is 11.4 Å². The Labute approximate surface area is 119 Å². The van der Waals surface area contributed by atoms with Crippen LogP contribution in [0.5, 0.6) is 11.6 Å². The molecule has 20 heavy (non-hydrogen) atoms. The van der Waals surface area contributed by atoms with Gasteiger partial charge in [0.05, 0.1) is 6.61 Å². The van der Waals surface area contributed by atoms with Crippen molar-refractivity contribution in [1.82, 2.24) is 9.38 Å². The predicted octanol–water partition coefficient (Wildman–Crippen LogP) is 2.22. The number of hydrogen-bond acceptors (Lipinski definition) is 5. The van der Waals surface area contributed by atoms with Gasteiger partial charge in [-0.3, -0.25) is 4.40 Å². The molecule has 2 N–H and O–H groups in total. The van der Waals surface area contributed by atoms with E-state index >= 15 is 0 Å². The molecule has 6 heteroatoms. The molecule has 104 valence electrons. The van der Waals surface area contributed by atoms with Crippen LogP contribution in [0.1, 0.15) is 11.3 Å². The van der Waals surface area contributed by atoms with Crippen LogP contribution >= 0.6 is 11.3 Å². The third kappa shape index (κ3) is 2.40. The summed E-state index contributed by atoms with van der Waals surface area (Å²) in [5.41, 5.74) is 1.69. The van der Waals surface area contributed by atoms with Crippen LogP contribution in [0.4, 0.5) is 0 Å². The van der Waals surface area contributed by atoms with Crippen LogP contribution in [0.2, 0.25) is 0 Å². The van der Waals surface area contributed by atoms with E-state index in [9.17, 15) is 5.11 Å². The SMILES string of the molecule is OCCc1ccc(Oc2nc3sccn3c2CO)cc1. The smallest absolute Gasteiger partial charge is 0.244 e. The number of aliphatic hydroxyl groups is 2. The lowest BCUT2D eigenvalue weighted by atomic mass is 10.1. The standard InChI is InChI=1S/C14H14N2O3S/c17-7-5-10-1-3-11(4-2-10)19-13-12(9-18)16-6-8-20-14(16)15-13/h1-4,6,8,17-18H,5,7,9H2. The molecule has 2 heterocycles. The van der Waals surface area contributed by atoms with Crippen molar-refractivity contribution in [2.45, 2.75) is 13.0 Å². The van der Waals surface area contributed by atoms with Gasteiger partial charge in [-0.15, -0.1) is 11.3 Å². The summed E-state index contributed by atoms with van der Waals surface area (Å²) in [6.07, 6.45) is 2.48. The van der Waals surface area contributed by atoms with Crippen LogP contribution < -0.4 is 4.74 Å². The molecule has 1 aromatic carbocycles. The summed E-state index contributed by atoms with van der Waals surface area (Å²) in [4.78, 5) is 5.15. The Morgan fingerprint density at radius 3 is 2.70 bits per heavy atom. The van der Waals surface area contributed by atoms with Crippen LogP contribution in [-0.2, 0) is 13.0 Å². The van der Waals surface area contributed by atoms with Crippen molar-refractivity contribution < 1.29 is 14.9 Å². The summed E-state index contributed by atoms with van der Waals surface area (Å²) in [5, 5.41) is 20.2. The van der Waals surface area contributed by atoms with E-state index in [1.165, 1.54) is 11.3 Å². The van der Waals surface area contributed by atoms with Gasteiger partial charge in [0.2, 0.25) is 5.88 Å². The first-order chi connectivity index (χ1) is 9.81. The largest absolute Gasteiger partial charge is 0.437 e. The molecule has 5 nitrogen and oxygen atoms in total. The minimum absolute atomic E-state index is 0.129. The zero-order valence-electron chi connectivity index (χ0n) is 10.7. The Morgan fingerprint density at radius 2 is 2.00 bits per heavy atom. The van der Waals surface area contributed by atoms with Crippen LogP contribution in [0.15, 0.2) is 35.8 Å². The molecule has 0 saturated carbocycles. The molecule has 3 aromatic rings. The zero-order chi connectivity index (χ0) is 13.9. The van der Waals surface area contributed by atoms with E-state index in [-0.39, 0.29) is 13.2 Å². The minimum atomic E-state index is -0.129. The van der Waals surface area contributed by atoms with E-state index in [0.717, 1.165) is 10.5 Å². The molecule has 0 bridgehead atoms. The highest BCUT2D eigenvalue weighted by Gasteiger charge is 2.14. The molecule has 0 spiro atoms. The average Bonchev–Trinajstić information content (AvgIpc) is 3.01. The van der Waals surface area contributed by atoms with E-state index in [1.807, 2.05) is 40.2 Å². The molecule has 2 aromatic heterocycles. The van der Waals surface area contributed by atoms with Gasteiger partial charge in [0, 0.05) is 18.2 Å². The normalized spacial score (nSPS) is 11.1. The highest BCUT2D eigenvalue weighted by Crippen LogP contribution is 2.28. The van der Waals surface area contributed by atoms with Gasteiger partial charge in [-0.2, -0.15) is 4.98 Å². The maximum atomic E-state index is 9.45. The maximum absolute atomic E-state index is 9.45. The van der Waals surface area contributed by atoms with Crippen LogP contribution in [-0.4, -0.2) is 26.2 Å². The fourth-order valence-corrected chi connectivity index (χ4v) is 2.73. The van der Waals surface area contributed by atoms with E-state index in [2.05, 4.69) is 4.98 Å². The summed E-state index contributed by atoms with van der Waals surface area (Å²) in [5.74, 6) is 1.08. The summed E-state index contributed by atoms with van der Waals surface area (Å²) >= 11 is 1.49. The predicted molar refractivity (Wildman–Crippen MR) is 76.3 cm³/mol. The molecule has 0 fully saturated rings. The van der Waals surface area contributed by atoms with E-state index in [4.69, 9.17) is 9.84 Å². The minimum Gasteiger partial charge on any atom is -0.437 e. The summed E-state index contributed by atoms with van der Waals surface area (Å²) in [6, 6.07) is 7.48. The number of benzene rings is 1. The number of rotatable bonds is 5. The Morgan fingerprint density at radius 1 is 1.20 bits per heavy atom. The lowest BCUT2D eigenvalue weighted by Gasteiger charge is -2.05. The van der Waals surface area contributed by atoms with Crippen LogP contribution in [0, 0.1) is 0 Å². The number of aromatic nitrogens is 2. The molecular formula is C14H14N2O3S. The zero-order valence-corrected chi connectivity index (χ0v) is 11.5. The molecule has 3 rings (SSSR count). The molecule has 0 aliphatic rings. The monoisotopic (exact) mass is 290 g/mol. The Hall–Kier alpha value is -1.89. The van der Waals surface area contributed by atoms with Crippen LogP contribution in [0.25, 0.3) is 4.96 Å². The lowest BCUT2D eigenvalue weighted by molar-refractivity contribution is 0.270. The summed E-state index contributed by atoms with van der Waals surface area (Å²) < 4.78 is 7.55. The first-order valence-corrected chi connectivity index (χ1v) is 7.12. The number of nitrogens with zero attached hydrogens (tertiary/aromatic N) is 2. The molecule has 0 aliphatic carbocycles. The van der Waals surface area contributed by atoms with Crippen molar-refractivity contribution in [3.05, 3.63) is 47.1 Å². The quantitative estimate of drug-likeness (QED) is 0.756. The number of hydrogen-bond donors (Lipinski definition) is 2. The maximum Gasteiger partial charge on any atom is 0.244 e. The first-order valence-electron chi connectivity index (χ1n) is 6.24. The van der Waals surface area contributed by atoms with Crippen LogP contribution in [0.3, 0.4) is 0 Å². The van der Waals surface area contributed by atoms with Gasteiger partial charge < -0.3 is 14.9 Å². The highest BCUT2D eigenvalue weighted by atomic mass is 32.1. The van der Waals surface area contributed by atoms with Gasteiger partial charge in [-0.1, -0.05) is 12.1 Å². The van der Waals surface area contributed by atoms with Gasteiger partial charge in [0.15, 0.2) is 4.96 Å². The summed E-state index contributed by atoms with van der Waals surface area (Å²) in [7, 11) is 0. The number of thiazole rings is 1. The van der Waals surface area contributed by atoms with Crippen molar-refractivity contribution in [2.24, 2.45) is 0 Å². The van der Waals surface area contributed by atoms with Gasteiger partial charge in [0.25, 0.3) is 0 Å². The van der Waals surface area contributed by atoms with Gasteiger partial charge in [-0.25, -0.2) is 0 Å². The lowest BCUT2D eigenvalue weighted by Crippen LogP contribution is -1.94. The number of aliphatic hydroxyl groups excluding tert-OH is 2. The second kappa shape index (κ2) is 5.62. The number of imidazole rings is 1. The molecule has 0 radical (unpaired) electrons. The molecular weight excluding hydrogens is 276 g/mol. The molecule has 0 unspecified atom stereocenters. The van der Waals surface area contributed by atoms with E-state index in [0.29, 0.717) is 23.7 Å². The third-order valence-corrected chi connectivity index (χ3v) is 3.77. The molecule has 0 amide bonds. The number of fused-ring (bicyclic) bond motifs is 1. The molecule has 0 aliphatic heterocycles. The van der Waals surface area contributed by atoms with Gasteiger partial charge in [-0.05, 0) is 24.1 Å². The number of ether oxygens (including phenoxy) is 1. The average molecular weight is 290 g/mol. The highest BCUT2D eigenvalue weighted by molar-refractivity contribution is 7.15. The van der Waals surface area contributed by atoms with Crippen molar-refractivity contribution in [2.75, 3.05) is 6.61 Å². The van der Waals surface area contributed by atoms with Gasteiger partial charge >= 0.3 is 0 Å². The molecule has 0 atom stereocenters. The second-order valence-corrected chi connectivity index (χ2v) is 5.17. The van der Waals surface area contributed by atoms with Crippen molar-refractivity contribution >= 4 is 16.3 Å². The van der Waals surface area contributed by atoms with Crippen molar-refractivity contribution in [1.29, 1.82) is 0 Å². The Bertz CT molecular complexity index is 703.